The lowest BCUT2D eigenvalue weighted by molar-refractivity contribution is 0.0695. The maximum atomic E-state index is 12.1. The fraction of sp³-hybridized carbons (Fsp3) is 0. The molecule has 2 aromatic rings. The molecule has 0 saturated carbocycles. The van der Waals surface area contributed by atoms with Crippen LogP contribution in [-0.2, 0) is 0 Å². The van der Waals surface area contributed by atoms with Crippen molar-refractivity contribution >= 4 is 61.0 Å². The first-order valence-electron chi connectivity index (χ1n) is 5.67. The molecule has 1 amide bonds. The third-order valence-corrected chi connectivity index (χ3v) is 4.13. The second-order valence-electron chi connectivity index (χ2n) is 4.08. The number of carboxylic acid groups (broad SMARTS) is 1. The van der Waals surface area contributed by atoms with E-state index in [4.69, 9.17) is 16.7 Å². The molecule has 0 spiro atoms. The van der Waals surface area contributed by atoms with Gasteiger partial charge < -0.3 is 10.4 Å². The number of carboxylic acids is 1. The molecule has 0 heterocycles. The lowest BCUT2D eigenvalue weighted by atomic mass is 10.1. The molecule has 0 aliphatic carbocycles. The van der Waals surface area contributed by atoms with Crippen LogP contribution in [0, 0.1) is 0 Å². The number of hydrogen-bond donors (Lipinski definition) is 2. The fourth-order valence-electron chi connectivity index (χ4n) is 1.64. The topological polar surface area (TPSA) is 66.4 Å². The molecule has 2 N–H and O–H groups in total. The van der Waals surface area contributed by atoms with Gasteiger partial charge in [0.25, 0.3) is 5.91 Å². The van der Waals surface area contributed by atoms with Crippen LogP contribution in [0.2, 0.25) is 5.02 Å². The predicted octanol–water partition coefficient (Wildman–Crippen LogP) is 4.82. The summed E-state index contributed by atoms with van der Waals surface area (Å²) in [6, 6.07) is 9.42. The first kappa shape index (κ1) is 16.0. The molecule has 7 heteroatoms. The number of carbonyl (C=O) groups is 2. The van der Waals surface area contributed by atoms with Crippen LogP contribution < -0.4 is 5.32 Å². The van der Waals surface area contributed by atoms with Crippen LogP contribution in [0.15, 0.2) is 45.3 Å². The molecule has 21 heavy (non-hydrogen) atoms. The molecule has 108 valence electrons. The van der Waals surface area contributed by atoms with Gasteiger partial charge in [-0.2, -0.15) is 0 Å². The summed E-state index contributed by atoms with van der Waals surface area (Å²) in [5.74, 6) is -1.49. The molecule has 2 aromatic carbocycles. The van der Waals surface area contributed by atoms with E-state index in [1.54, 1.807) is 30.3 Å². The van der Waals surface area contributed by atoms with Crippen molar-refractivity contribution in [3.8, 4) is 0 Å². The Kier molecular flexibility index (Phi) is 5.03. The Morgan fingerprint density at radius 3 is 2.38 bits per heavy atom. The molecular weight excluding hydrogens is 425 g/mol. The van der Waals surface area contributed by atoms with Gasteiger partial charge >= 0.3 is 5.97 Å². The van der Waals surface area contributed by atoms with Gasteiger partial charge in [-0.15, -0.1) is 0 Å². The van der Waals surface area contributed by atoms with Gasteiger partial charge in [0.15, 0.2) is 0 Å². The smallest absolute Gasteiger partial charge is 0.336 e. The van der Waals surface area contributed by atoms with Crippen molar-refractivity contribution in [2.24, 2.45) is 0 Å². The Morgan fingerprint density at radius 2 is 1.76 bits per heavy atom. The van der Waals surface area contributed by atoms with E-state index in [1.807, 2.05) is 0 Å². The lowest BCUT2D eigenvalue weighted by Gasteiger charge is -2.08. The number of nitrogens with one attached hydrogen (secondary N) is 1. The molecule has 0 aliphatic heterocycles. The summed E-state index contributed by atoms with van der Waals surface area (Å²) >= 11 is 12.4. The van der Waals surface area contributed by atoms with Gasteiger partial charge in [-0.25, -0.2) is 4.79 Å². The summed E-state index contributed by atoms with van der Waals surface area (Å²) in [6.45, 7) is 0. The number of aromatic carboxylic acids is 1. The first-order chi connectivity index (χ1) is 9.88. The van der Waals surface area contributed by atoms with E-state index in [1.165, 1.54) is 6.07 Å². The highest BCUT2D eigenvalue weighted by Crippen LogP contribution is 2.24. The molecule has 0 saturated heterocycles. The summed E-state index contributed by atoms with van der Waals surface area (Å²) < 4.78 is 1.20. The van der Waals surface area contributed by atoms with E-state index in [0.29, 0.717) is 20.7 Å². The summed E-state index contributed by atoms with van der Waals surface area (Å²) in [5.41, 5.74) is 0.744. The normalized spacial score (nSPS) is 10.2. The summed E-state index contributed by atoms with van der Waals surface area (Å²) in [5, 5.41) is 12.0. The average Bonchev–Trinajstić information content (AvgIpc) is 2.40. The van der Waals surface area contributed by atoms with Crippen LogP contribution in [0.1, 0.15) is 20.7 Å². The number of carbonyl (C=O) groups excluding carboxylic acids is 1. The molecular formula is C14H8Br2ClNO3. The summed E-state index contributed by atoms with van der Waals surface area (Å²) in [7, 11) is 0. The molecule has 0 aromatic heterocycles. The zero-order valence-electron chi connectivity index (χ0n) is 10.4. The van der Waals surface area contributed by atoms with E-state index in [-0.39, 0.29) is 5.56 Å². The standard InChI is InChI=1S/C14H8Br2ClNO3/c15-7-1-3-9(12(17)5-7)13(19)18-8-2-4-11(16)10(6-8)14(20)21/h1-6H,(H,18,19)(H,20,21). The molecule has 4 nitrogen and oxygen atoms in total. The molecule has 0 atom stereocenters. The number of hydrogen-bond acceptors (Lipinski definition) is 2. The van der Waals surface area contributed by atoms with Gasteiger partial charge in [-0.1, -0.05) is 27.5 Å². The Bertz CT molecular complexity index is 734. The number of rotatable bonds is 3. The molecule has 0 bridgehead atoms. The van der Waals surface area contributed by atoms with E-state index < -0.39 is 11.9 Å². The van der Waals surface area contributed by atoms with E-state index >= 15 is 0 Å². The van der Waals surface area contributed by atoms with Gasteiger partial charge in [0.1, 0.15) is 0 Å². The molecule has 0 aliphatic rings. The zero-order chi connectivity index (χ0) is 15.6. The quantitative estimate of drug-likeness (QED) is 0.730. The van der Waals surface area contributed by atoms with Gasteiger partial charge in [-0.05, 0) is 52.3 Å². The van der Waals surface area contributed by atoms with E-state index in [2.05, 4.69) is 37.2 Å². The Morgan fingerprint density at radius 1 is 1.05 bits per heavy atom. The van der Waals surface area contributed by atoms with Gasteiger partial charge in [0.2, 0.25) is 0 Å². The van der Waals surface area contributed by atoms with Crippen molar-refractivity contribution < 1.29 is 14.7 Å². The van der Waals surface area contributed by atoms with Crippen LogP contribution in [-0.4, -0.2) is 17.0 Å². The minimum Gasteiger partial charge on any atom is -0.478 e. The van der Waals surface area contributed by atoms with Crippen LogP contribution in [0.25, 0.3) is 0 Å². The minimum absolute atomic E-state index is 0.0645. The Hall–Kier alpha value is -1.37. The van der Waals surface area contributed by atoms with Crippen molar-refractivity contribution in [3.63, 3.8) is 0 Å². The van der Waals surface area contributed by atoms with Gasteiger partial charge in [-0.3, -0.25) is 4.79 Å². The number of benzene rings is 2. The highest BCUT2D eigenvalue weighted by atomic mass is 79.9. The van der Waals surface area contributed by atoms with Crippen LogP contribution in [0.3, 0.4) is 0 Å². The second kappa shape index (κ2) is 6.60. The molecule has 0 radical (unpaired) electrons. The van der Waals surface area contributed by atoms with Gasteiger partial charge in [0, 0.05) is 14.6 Å². The summed E-state index contributed by atoms with van der Waals surface area (Å²) in [4.78, 5) is 23.2. The zero-order valence-corrected chi connectivity index (χ0v) is 14.3. The van der Waals surface area contributed by atoms with Crippen molar-refractivity contribution in [1.29, 1.82) is 0 Å². The SMILES string of the molecule is O=C(Nc1ccc(Br)c(C(=O)O)c1)c1ccc(Br)cc1Cl. The highest BCUT2D eigenvalue weighted by Gasteiger charge is 2.13. The van der Waals surface area contributed by atoms with Crippen molar-refractivity contribution in [2.75, 3.05) is 5.32 Å². The fourth-order valence-corrected chi connectivity index (χ4v) is 2.81. The minimum atomic E-state index is -1.08. The molecule has 0 fully saturated rings. The van der Waals surface area contributed by atoms with Crippen LogP contribution in [0.5, 0.6) is 0 Å². The van der Waals surface area contributed by atoms with Crippen molar-refractivity contribution in [3.05, 3.63) is 61.5 Å². The monoisotopic (exact) mass is 431 g/mol. The third-order valence-electron chi connectivity index (χ3n) is 2.63. The largest absolute Gasteiger partial charge is 0.478 e. The summed E-state index contributed by atoms with van der Waals surface area (Å²) in [6.07, 6.45) is 0. The third kappa shape index (κ3) is 3.84. The van der Waals surface area contributed by atoms with E-state index in [0.717, 1.165) is 4.47 Å². The van der Waals surface area contributed by atoms with Crippen LogP contribution in [0.4, 0.5) is 5.69 Å². The molecule has 0 unspecified atom stereocenters. The predicted molar refractivity (Wildman–Crippen MR) is 88.2 cm³/mol. The Balaban J connectivity index is 2.27. The maximum Gasteiger partial charge on any atom is 0.336 e. The Labute approximate surface area is 142 Å². The lowest BCUT2D eigenvalue weighted by Crippen LogP contribution is -2.13. The number of amides is 1. The highest BCUT2D eigenvalue weighted by molar-refractivity contribution is 9.10. The van der Waals surface area contributed by atoms with Gasteiger partial charge in [0.05, 0.1) is 16.1 Å². The number of halogens is 3. The van der Waals surface area contributed by atoms with Crippen LogP contribution >= 0.6 is 43.5 Å². The molecule has 2 rings (SSSR count). The average molecular weight is 433 g/mol. The maximum absolute atomic E-state index is 12.1. The number of anilines is 1. The van der Waals surface area contributed by atoms with Crippen molar-refractivity contribution in [2.45, 2.75) is 0 Å². The van der Waals surface area contributed by atoms with Crippen molar-refractivity contribution in [1.82, 2.24) is 0 Å². The van der Waals surface area contributed by atoms with E-state index in [9.17, 15) is 9.59 Å². The second-order valence-corrected chi connectivity index (χ2v) is 6.26. The first-order valence-corrected chi connectivity index (χ1v) is 7.64.